The number of ether oxygens (including phenoxy) is 1. The highest BCUT2D eigenvalue weighted by atomic mass is 35.5. The summed E-state index contributed by atoms with van der Waals surface area (Å²) in [4.78, 5) is 19.5. The molecule has 8 heteroatoms. The number of rotatable bonds is 8. The van der Waals surface area contributed by atoms with E-state index in [0.717, 1.165) is 36.5 Å². The lowest BCUT2D eigenvalue weighted by molar-refractivity contribution is -0.144. The van der Waals surface area contributed by atoms with E-state index in [1.54, 1.807) is 13.3 Å². The molecule has 1 saturated carbocycles. The minimum absolute atomic E-state index is 0.353. The molecule has 1 atom stereocenters. The zero-order chi connectivity index (χ0) is 23.4. The molecule has 3 N–H and O–H groups in total. The van der Waals surface area contributed by atoms with Crippen LogP contribution in [0.1, 0.15) is 63.0 Å². The summed E-state index contributed by atoms with van der Waals surface area (Å²) in [6.07, 6.45) is 8.08. The lowest BCUT2D eigenvalue weighted by Crippen LogP contribution is -2.49. The van der Waals surface area contributed by atoms with Crippen LogP contribution >= 0.6 is 11.6 Å². The second-order valence-corrected chi connectivity index (χ2v) is 10.0. The van der Waals surface area contributed by atoms with Crippen molar-refractivity contribution in [3.63, 3.8) is 0 Å². The van der Waals surface area contributed by atoms with Crippen molar-refractivity contribution in [2.75, 3.05) is 26.7 Å². The van der Waals surface area contributed by atoms with E-state index in [-0.39, 0.29) is 5.91 Å². The van der Waals surface area contributed by atoms with Crippen LogP contribution in [0.3, 0.4) is 0 Å². The minimum atomic E-state index is -0.866. The molecule has 2 heterocycles. The SMILES string of the molecule is COc1ccc2ncc(Cl)c([C@H](O)CCC3(C(=O)NO)CCN(CC4CCCC4)CC3)c2c1. The molecule has 4 rings (SSSR count). The minimum Gasteiger partial charge on any atom is -0.497 e. The largest absolute Gasteiger partial charge is 0.497 e. The number of nitrogens with one attached hydrogen (secondary N) is 1. The van der Waals surface area contributed by atoms with E-state index in [1.807, 2.05) is 23.7 Å². The highest BCUT2D eigenvalue weighted by Crippen LogP contribution is 2.41. The number of pyridine rings is 1. The number of halogens is 1. The maximum Gasteiger partial charge on any atom is 0.249 e. The van der Waals surface area contributed by atoms with Crippen LogP contribution in [0.2, 0.25) is 5.02 Å². The molecule has 1 amide bonds. The Bertz CT molecular complexity index is 972. The second-order valence-electron chi connectivity index (χ2n) is 9.63. The van der Waals surface area contributed by atoms with Gasteiger partial charge in [0.05, 0.1) is 29.2 Å². The molecule has 0 spiro atoms. The number of benzene rings is 1. The monoisotopic (exact) mass is 475 g/mol. The van der Waals surface area contributed by atoms with Crippen molar-refractivity contribution in [3.05, 3.63) is 35.0 Å². The summed E-state index contributed by atoms with van der Waals surface area (Å²) >= 11 is 6.45. The molecule has 1 saturated heterocycles. The van der Waals surface area contributed by atoms with Gasteiger partial charge in [-0.05, 0) is 75.7 Å². The number of hydrogen-bond acceptors (Lipinski definition) is 6. The Morgan fingerprint density at radius 1 is 1.33 bits per heavy atom. The van der Waals surface area contributed by atoms with E-state index in [4.69, 9.17) is 16.3 Å². The topological polar surface area (TPSA) is 94.9 Å². The number of carbonyl (C=O) groups excluding carboxylic acids is 1. The fraction of sp³-hybridized carbons (Fsp3) is 0.600. The third-order valence-electron chi connectivity index (χ3n) is 7.69. The number of aliphatic hydroxyl groups excluding tert-OH is 1. The highest BCUT2D eigenvalue weighted by Gasteiger charge is 2.42. The third-order valence-corrected chi connectivity index (χ3v) is 7.99. The molecular formula is C25H34ClN3O4. The molecule has 0 radical (unpaired) electrons. The van der Waals surface area contributed by atoms with Gasteiger partial charge in [0.2, 0.25) is 5.91 Å². The van der Waals surface area contributed by atoms with Crippen molar-refractivity contribution in [1.82, 2.24) is 15.4 Å². The molecule has 1 aliphatic carbocycles. The van der Waals surface area contributed by atoms with E-state index in [9.17, 15) is 15.1 Å². The molecule has 1 aromatic heterocycles. The van der Waals surface area contributed by atoms with Crippen LogP contribution in [0, 0.1) is 11.3 Å². The summed E-state index contributed by atoms with van der Waals surface area (Å²) in [5.41, 5.74) is 2.51. The number of nitrogens with zero attached hydrogens (tertiary/aromatic N) is 2. The summed E-state index contributed by atoms with van der Waals surface area (Å²) in [7, 11) is 1.59. The summed E-state index contributed by atoms with van der Waals surface area (Å²) in [6, 6.07) is 5.48. The number of methoxy groups -OCH3 is 1. The Morgan fingerprint density at radius 3 is 2.73 bits per heavy atom. The van der Waals surface area contributed by atoms with Crippen LogP contribution < -0.4 is 10.2 Å². The molecule has 0 unspecified atom stereocenters. The van der Waals surface area contributed by atoms with E-state index in [2.05, 4.69) is 9.88 Å². The molecule has 2 aromatic rings. The van der Waals surface area contributed by atoms with Crippen LogP contribution in [-0.4, -0.2) is 52.8 Å². The number of hydrogen-bond donors (Lipinski definition) is 3. The van der Waals surface area contributed by atoms with Gasteiger partial charge >= 0.3 is 0 Å². The number of hydroxylamine groups is 1. The predicted molar refractivity (Wildman–Crippen MR) is 127 cm³/mol. The quantitative estimate of drug-likeness (QED) is 0.384. The lowest BCUT2D eigenvalue weighted by atomic mass is 9.73. The van der Waals surface area contributed by atoms with Gasteiger partial charge in [-0.3, -0.25) is 15.0 Å². The first-order valence-electron chi connectivity index (χ1n) is 11.9. The Kier molecular flexibility index (Phi) is 7.74. The van der Waals surface area contributed by atoms with E-state index < -0.39 is 11.5 Å². The van der Waals surface area contributed by atoms with Crippen LogP contribution in [0.5, 0.6) is 5.75 Å². The van der Waals surface area contributed by atoms with Gasteiger partial charge in [0.25, 0.3) is 0 Å². The zero-order valence-corrected chi connectivity index (χ0v) is 20.0. The summed E-state index contributed by atoms with van der Waals surface area (Å²) in [5.74, 6) is 1.07. The molecule has 2 fully saturated rings. The van der Waals surface area contributed by atoms with Crippen LogP contribution in [0.15, 0.2) is 24.4 Å². The smallest absolute Gasteiger partial charge is 0.249 e. The third kappa shape index (κ3) is 5.27. The number of piperidine rings is 1. The maximum atomic E-state index is 12.7. The number of amides is 1. The fourth-order valence-electron chi connectivity index (χ4n) is 5.62. The standard InChI is InChI=1S/C25H34ClN3O4/c1-33-18-6-7-21-19(14-18)23(20(26)15-27-21)22(30)8-9-25(24(31)28-32)10-12-29(13-11-25)16-17-4-2-3-5-17/h6-7,14-15,17,22,30,32H,2-5,8-13,16H2,1H3,(H,28,31)/t22-/m1/s1. The molecule has 2 aliphatic rings. The van der Waals surface area contributed by atoms with Gasteiger partial charge < -0.3 is 14.7 Å². The van der Waals surface area contributed by atoms with Crippen molar-refractivity contribution in [3.8, 4) is 5.75 Å². The number of likely N-dealkylation sites (tertiary alicyclic amines) is 1. The molecule has 1 aromatic carbocycles. The highest BCUT2D eigenvalue weighted by molar-refractivity contribution is 6.32. The van der Waals surface area contributed by atoms with Gasteiger partial charge in [-0.2, -0.15) is 0 Å². The summed E-state index contributed by atoms with van der Waals surface area (Å²) in [6.45, 7) is 2.76. The van der Waals surface area contributed by atoms with E-state index in [1.165, 1.54) is 25.7 Å². The molecule has 180 valence electrons. The van der Waals surface area contributed by atoms with Crippen molar-refractivity contribution >= 4 is 28.4 Å². The van der Waals surface area contributed by atoms with E-state index >= 15 is 0 Å². The molecule has 0 bridgehead atoms. The van der Waals surface area contributed by atoms with Gasteiger partial charge in [-0.25, -0.2) is 5.48 Å². The van der Waals surface area contributed by atoms with Gasteiger partial charge in [0.15, 0.2) is 0 Å². The Labute approximate surface area is 200 Å². The molecule has 1 aliphatic heterocycles. The van der Waals surface area contributed by atoms with E-state index in [0.29, 0.717) is 42.0 Å². The number of aromatic nitrogens is 1. The van der Waals surface area contributed by atoms with Crippen molar-refractivity contribution in [1.29, 1.82) is 0 Å². The Morgan fingerprint density at radius 2 is 2.06 bits per heavy atom. The van der Waals surface area contributed by atoms with Crippen molar-refractivity contribution in [2.45, 2.75) is 57.5 Å². The number of fused-ring (bicyclic) bond motifs is 1. The first-order chi connectivity index (χ1) is 16.0. The Hall–Kier alpha value is -1.93. The summed E-state index contributed by atoms with van der Waals surface area (Å²) < 4.78 is 5.33. The van der Waals surface area contributed by atoms with Gasteiger partial charge in [-0.1, -0.05) is 24.4 Å². The average molecular weight is 476 g/mol. The first kappa shape index (κ1) is 24.2. The van der Waals surface area contributed by atoms with Crippen LogP contribution in [0.25, 0.3) is 10.9 Å². The van der Waals surface area contributed by atoms with Crippen molar-refractivity contribution in [2.24, 2.45) is 11.3 Å². The maximum absolute atomic E-state index is 12.7. The second kappa shape index (κ2) is 10.6. The average Bonchev–Trinajstić information content (AvgIpc) is 3.35. The predicted octanol–water partition coefficient (Wildman–Crippen LogP) is 4.49. The number of carbonyl (C=O) groups is 1. The van der Waals surface area contributed by atoms with Crippen LogP contribution in [-0.2, 0) is 4.79 Å². The lowest BCUT2D eigenvalue weighted by Gasteiger charge is -2.41. The van der Waals surface area contributed by atoms with Gasteiger partial charge in [0, 0.05) is 23.7 Å². The summed E-state index contributed by atoms with van der Waals surface area (Å²) in [5, 5.41) is 21.7. The van der Waals surface area contributed by atoms with Gasteiger partial charge in [-0.15, -0.1) is 0 Å². The van der Waals surface area contributed by atoms with Crippen LogP contribution in [0.4, 0.5) is 0 Å². The molecular weight excluding hydrogens is 442 g/mol. The van der Waals surface area contributed by atoms with Crippen molar-refractivity contribution < 1.29 is 19.8 Å². The van der Waals surface area contributed by atoms with Gasteiger partial charge in [0.1, 0.15) is 5.75 Å². The number of aliphatic hydroxyl groups is 1. The fourth-order valence-corrected chi connectivity index (χ4v) is 5.90. The first-order valence-corrected chi connectivity index (χ1v) is 12.3. The molecule has 7 nitrogen and oxygen atoms in total. The molecule has 33 heavy (non-hydrogen) atoms. The Balaban J connectivity index is 1.47. The normalized spacial score (nSPS) is 20.1. The zero-order valence-electron chi connectivity index (χ0n) is 19.2.